The van der Waals surface area contributed by atoms with Crippen molar-refractivity contribution < 1.29 is 22.0 Å². The first-order valence-electron chi connectivity index (χ1n) is 8.96. The summed E-state index contributed by atoms with van der Waals surface area (Å²) in [6, 6.07) is 11.4. The van der Waals surface area contributed by atoms with E-state index in [2.05, 4.69) is 10.3 Å². The SMILES string of the molecule is NS(=O)(=O)Cc1ccc(NC(=O)c2cc(F)cc3c(=O)c4cc(F)ccc4[nH]c23)cc1. The Morgan fingerprint density at radius 3 is 2.32 bits per heavy atom. The summed E-state index contributed by atoms with van der Waals surface area (Å²) < 4.78 is 50.1. The van der Waals surface area contributed by atoms with Gasteiger partial charge in [-0.2, -0.15) is 0 Å². The molecule has 4 rings (SSSR count). The molecular formula is C21H15F2N3O4S. The molecule has 4 N–H and O–H groups in total. The van der Waals surface area contributed by atoms with Gasteiger partial charge in [0.1, 0.15) is 11.6 Å². The number of primary sulfonamides is 1. The highest BCUT2D eigenvalue weighted by Crippen LogP contribution is 2.22. The van der Waals surface area contributed by atoms with Crippen LogP contribution in [-0.4, -0.2) is 19.3 Å². The van der Waals surface area contributed by atoms with Crippen LogP contribution >= 0.6 is 0 Å². The van der Waals surface area contributed by atoms with E-state index in [1.807, 2.05) is 0 Å². The third-order valence-corrected chi connectivity index (χ3v) is 5.39. The molecule has 0 aliphatic carbocycles. The Balaban J connectivity index is 1.75. The van der Waals surface area contributed by atoms with Gasteiger partial charge in [0.2, 0.25) is 10.0 Å². The van der Waals surface area contributed by atoms with Crippen molar-refractivity contribution in [2.24, 2.45) is 5.14 Å². The van der Waals surface area contributed by atoms with Gasteiger partial charge in [0.05, 0.1) is 16.8 Å². The van der Waals surface area contributed by atoms with E-state index >= 15 is 0 Å². The average Bonchev–Trinajstić information content (AvgIpc) is 2.69. The van der Waals surface area contributed by atoms with Crippen LogP contribution in [-0.2, 0) is 15.8 Å². The van der Waals surface area contributed by atoms with Crippen molar-refractivity contribution in [2.75, 3.05) is 5.32 Å². The number of aromatic nitrogens is 1. The van der Waals surface area contributed by atoms with Gasteiger partial charge in [0.25, 0.3) is 5.91 Å². The van der Waals surface area contributed by atoms with Crippen LogP contribution in [0.1, 0.15) is 15.9 Å². The number of halogens is 2. The highest BCUT2D eigenvalue weighted by atomic mass is 32.2. The predicted octanol–water partition coefficient (Wildman–Crippen LogP) is 3.00. The van der Waals surface area contributed by atoms with Crippen LogP contribution in [0.5, 0.6) is 0 Å². The number of carbonyl (C=O) groups excluding carboxylic acids is 1. The minimum absolute atomic E-state index is 0.0369. The monoisotopic (exact) mass is 443 g/mol. The van der Waals surface area contributed by atoms with Gasteiger partial charge in [-0.15, -0.1) is 0 Å². The minimum atomic E-state index is -3.70. The molecule has 0 saturated carbocycles. The molecular weight excluding hydrogens is 428 g/mol. The Morgan fingerprint density at radius 2 is 1.65 bits per heavy atom. The average molecular weight is 443 g/mol. The van der Waals surface area contributed by atoms with Gasteiger partial charge in [-0.3, -0.25) is 9.59 Å². The number of pyridine rings is 1. The summed E-state index contributed by atoms with van der Waals surface area (Å²) in [6.45, 7) is 0. The van der Waals surface area contributed by atoms with E-state index in [9.17, 15) is 26.8 Å². The number of nitrogens with one attached hydrogen (secondary N) is 2. The number of benzene rings is 3. The Morgan fingerprint density at radius 1 is 0.968 bits per heavy atom. The highest BCUT2D eigenvalue weighted by molar-refractivity contribution is 7.88. The van der Waals surface area contributed by atoms with E-state index in [0.717, 1.165) is 24.3 Å². The lowest BCUT2D eigenvalue weighted by Crippen LogP contribution is -2.16. The molecule has 0 fully saturated rings. The zero-order valence-electron chi connectivity index (χ0n) is 15.8. The summed E-state index contributed by atoms with van der Waals surface area (Å²) in [5.74, 6) is -2.47. The number of hydrogen-bond donors (Lipinski definition) is 3. The second-order valence-corrected chi connectivity index (χ2v) is 8.59. The molecule has 4 aromatic rings. The highest BCUT2D eigenvalue weighted by Gasteiger charge is 2.17. The van der Waals surface area contributed by atoms with Crippen LogP contribution in [0.15, 0.2) is 59.4 Å². The maximum absolute atomic E-state index is 14.2. The van der Waals surface area contributed by atoms with Gasteiger partial charge in [0, 0.05) is 22.0 Å². The molecule has 3 aromatic carbocycles. The fourth-order valence-corrected chi connectivity index (χ4v) is 3.96. The predicted molar refractivity (Wildman–Crippen MR) is 113 cm³/mol. The number of H-pyrrole nitrogens is 1. The van der Waals surface area contributed by atoms with Crippen LogP contribution in [0, 0.1) is 11.6 Å². The van der Waals surface area contributed by atoms with E-state index in [1.165, 1.54) is 30.3 Å². The van der Waals surface area contributed by atoms with E-state index in [0.29, 0.717) is 16.8 Å². The number of carbonyl (C=O) groups is 1. The van der Waals surface area contributed by atoms with Gasteiger partial charge in [-0.05, 0) is 48.0 Å². The molecule has 1 amide bonds. The smallest absolute Gasteiger partial charge is 0.257 e. The lowest BCUT2D eigenvalue weighted by Gasteiger charge is -2.10. The van der Waals surface area contributed by atoms with Crippen molar-refractivity contribution in [1.29, 1.82) is 0 Å². The van der Waals surface area contributed by atoms with Crippen molar-refractivity contribution in [3.8, 4) is 0 Å². The fourth-order valence-electron chi connectivity index (χ4n) is 3.31. The molecule has 0 aliphatic rings. The molecule has 1 heterocycles. The van der Waals surface area contributed by atoms with E-state index in [1.54, 1.807) is 0 Å². The Bertz CT molecular complexity index is 1510. The number of amides is 1. The normalized spacial score (nSPS) is 11.7. The molecule has 31 heavy (non-hydrogen) atoms. The number of aromatic amines is 1. The molecule has 0 radical (unpaired) electrons. The van der Waals surface area contributed by atoms with Gasteiger partial charge in [0.15, 0.2) is 5.43 Å². The van der Waals surface area contributed by atoms with E-state index in [-0.39, 0.29) is 27.6 Å². The van der Waals surface area contributed by atoms with Crippen LogP contribution < -0.4 is 15.9 Å². The van der Waals surface area contributed by atoms with Crippen molar-refractivity contribution in [1.82, 2.24) is 4.98 Å². The van der Waals surface area contributed by atoms with Crippen LogP contribution in [0.4, 0.5) is 14.5 Å². The molecule has 158 valence electrons. The number of rotatable bonds is 4. The number of nitrogens with two attached hydrogens (primary N) is 1. The Kier molecular flexibility index (Phi) is 5.03. The molecule has 0 saturated heterocycles. The molecule has 0 spiro atoms. The standard InChI is InChI=1S/C21H15F2N3O4S/c22-12-3-6-18-15(7-12)20(27)16-8-13(23)9-17(19(16)26-18)21(28)25-14-4-1-11(2-5-14)10-31(24,29)30/h1-9H,10H2,(H,25,28)(H,26,27)(H2,24,29,30). The van der Waals surface area contributed by atoms with Gasteiger partial charge in [-0.1, -0.05) is 12.1 Å². The van der Waals surface area contributed by atoms with Crippen molar-refractivity contribution in [2.45, 2.75) is 5.75 Å². The summed E-state index contributed by atoms with van der Waals surface area (Å²) in [7, 11) is -3.70. The third-order valence-electron chi connectivity index (χ3n) is 4.66. The molecule has 0 bridgehead atoms. The number of anilines is 1. The largest absolute Gasteiger partial charge is 0.354 e. The van der Waals surface area contributed by atoms with Gasteiger partial charge < -0.3 is 10.3 Å². The topological polar surface area (TPSA) is 122 Å². The van der Waals surface area contributed by atoms with E-state index < -0.39 is 33.0 Å². The van der Waals surface area contributed by atoms with E-state index in [4.69, 9.17) is 5.14 Å². The Hall–Kier alpha value is -3.63. The van der Waals surface area contributed by atoms with Crippen LogP contribution in [0.2, 0.25) is 0 Å². The fraction of sp³-hybridized carbons (Fsp3) is 0.0476. The molecule has 0 atom stereocenters. The van der Waals surface area contributed by atoms with Crippen molar-refractivity contribution in [3.05, 3.63) is 87.6 Å². The summed E-state index contributed by atoms with van der Waals surface area (Å²) >= 11 is 0. The molecule has 1 aromatic heterocycles. The maximum Gasteiger partial charge on any atom is 0.257 e. The van der Waals surface area contributed by atoms with Crippen LogP contribution in [0.25, 0.3) is 21.8 Å². The summed E-state index contributed by atoms with van der Waals surface area (Å²) in [5.41, 5.74) is 0.433. The molecule has 7 nitrogen and oxygen atoms in total. The maximum atomic E-state index is 14.2. The summed E-state index contributed by atoms with van der Waals surface area (Å²) in [4.78, 5) is 28.5. The van der Waals surface area contributed by atoms with Crippen LogP contribution in [0.3, 0.4) is 0 Å². The number of fused-ring (bicyclic) bond motifs is 2. The molecule has 0 unspecified atom stereocenters. The lowest BCUT2D eigenvalue weighted by atomic mass is 10.0. The van der Waals surface area contributed by atoms with Crippen molar-refractivity contribution >= 4 is 43.4 Å². The van der Waals surface area contributed by atoms with Gasteiger partial charge >= 0.3 is 0 Å². The second kappa shape index (κ2) is 7.56. The second-order valence-electron chi connectivity index (χ2n) is 6.98. The number of hydrogen-bond acceptors (Lipinski definition) is 4. The Labute approximate surface area is 174 Å². The van der Waals surface area contributed by atoms with Gasteiger partial charge in [-0.25, -0.2) is 22.3 Å². The summed E-state index contributed by atoms with van der Waals surface area (Å²) in [6.07, 6.45) is 0. The first kappa shape index (κ1) is 20.6. The number of sulfonamides is 1. The molecule has 0 aliphatic heterocycles. The first-order chi connectivity index (χ1) is 14.6. The quantitative estimate of drug-likeness (QED) is 0.420. The minimum Gasteiger partial charge on any atom is -0.354 e. The first-order valence-corrected chi connectivity index (χ1v) is 10.7. The zero-order valence-corrected chi connectivity index (χ0v) is 16.6. The molecule has 10 heteroatoms. The zero-order chi connectivity index (χ0) is 22.3. The van der Waals surface area contributed by atoms with Crippen molar-refractivity contribution in [3.63, 3.8) is 0 Å². The third kappa shape index (κ3) is 4.30. The summed E-state index contributed by atoms with van der Waals surface area (Å²) in [5, 5.41) is 7.53. The lowest BCUT2D eigenvalue weighted by molar-refractivity contribution is 0.102.